The van der Waals surface area contributed by atoms with Gasteiger partial charge in [0.2, 0.25) is 0 Å². The van der Waals surface area contributed by atoms with Crippen LogP contribution in [0.3, 0.4) is 0 Å². The fourth-order valence-corrected chi connectivity index (χ4v) is 3.63. The highest BCUT2D eigenvalue weighted by Crippen LogP contribution is 2.36. The molecule has 6 nitrogen and oxygen atoms in total. The first-order chi connectivity index (χ1) is 13.1. The number of hydrogen-bond acceptors (Lipinski definition) is 7. The quantitative estimate of drug-likeness (QED) is 0.570. The van der Waals surface area contributed by atoms with Crippen LogP contribution >= 0.6 is 11.8 Å². The minimum atomic E-state index is 0.509. The fraction of sp³-hybridized carbons (Fsp3) is 0.450. The number of hydrogen-bond donors (Lipinski definition) is 0. The summed E-state index contributed by atoms with van der Waals surface area (Å²) in [5.41, 5.74) is 1.95. The van der Waals surface area contributed by atoms with Gasteiger partial charge < -0.3 is 14.4 Å². The first kappa shape index (κ1) is 19.3. The number of benzene rings is 1. The summed E-state index contributed by atoms with van der Waals surface area (Å²) in [4.78, 5) is 11.5. The van der Waals surface area contributed by atoms with Crippen molar-refractivity contribution in [2.24, 2.45) is 5.92 Å². The van der Waals surface area contributed by atoms with E-state index in [2.05, 4.69) is 27.9 Å². The summed E-state index contributed by atoms with van der Waals surface area (Å²) in [6.07, 6.45) is 4.16. The van der Waals surface area contributed by atoms with Crippen LogP contribution in [0.2, 0.25) is 0 Å². The third kappa shape index (κ3) is 3.96. The summed E-state index contributed by atoms with van der Waals surface area (Å²) in [6.45, 7) is 4.09. The highest BCUT2D eigenvalue weighted by atomic mass is 32.2. The molecule has 2 aromatic rings. The first-order valence-corrected chi connectivity index (χ1v) is 10.2. The summed E-state index contributed by atoms with van der Waals surface area (Å²) in [7, 11) is 3.20. The van der Waals surface area contributed by atoms with Gasteiger partial charge in [0.25, 0.3) is 0 Å². The highest BCUT2D eigenvalue weighted by Gasteiger charge is 2.24. The van der Waals surface area contributed by atoms with Crippen LogP contribution in [0.25, 0.3) is 11.3 Å². The van der Waals surface area contributed by atoms with Crippen LogP contribution in [0.4, 0.5) is 5.82 Å². The molecule has 0 aliphatic carbocycles. The van der Waals surface area contributed by atoms with Crippen LogP contribution in [0, 0.1) is 17.2 Å². The number of nitrogens with zero attached hydrogens (tertiary/aromatic N) is 4. The number of nitriles is 1. The summed E-state index contributed by atoms with van der Waals surface area (Å²) in [5.74, 6) is 2.69. The standard InChI is InChI=1S/C20H24N4O2S/c1-13-7-9-24(10-8-13)19-15(12-21)18(22-20(23-19)27-4)14-5-6-16(25-2)17(11-14)26-3/h5-6,11,13H,7-10H2,1-4H3. The molecule has 0 N–H and O–H groups in total. The second kappa shape index (κ2) is 8.49. The molecule has 0 spiro atoms. The lowest BCUT2D eigenvalue weighted by molar-refractivity contribution is 0.355. The van der Waals surface area contributed by atoms with Gasteiger partial charge in [-0.1, -0.05) is 18.7 Å². The molecular formula is C20H24N4O2S. The van der Waals surface area contributed by atoms with E-state index in [1.807, 2.05) is 24.5 Å². The Hall–Kier alpha value is -2.46. The molecule has 3 rings (SSSR count). The Morgan fingerprint density at radius 2 is 1.85 bits per heavy atom. The van der Waals surface area contributed by atoms with Crippen molar-refractivity contribution in [3.8, 4) is 28.8 Å². The van der Waals surface area contributed by atoms with E-state index in [1.54, 1.807) is 14.2 Å². The second-order valence-corrected chi connectivity index (χ2v) is 7.38. The topological polar surface area (TPSA) is 71.3 Å². The van der Waals surface area contributed by atoms with Gasteiger partial charge in [-0.05, 0) is 43.2 Å². The van der Waals surface area contributed by atoms with Crippen molar-refractivity contribution in [2.45, 2.75) is 24.9 Å². The molecule has 0 atom stereocenters. The van der Waals surface area contributed by atoms with E-state index < -0.39 is 0 Å². The maximum atomic E-state index is 9.91. The predicted molar refractivity (Wildman–Crippen MR) is 108 cm³/mol. The molecule has 7 heteroatoms. The predicted octanol–water partition coefficient (Wildman–Crippen LogP) is 3.99. The van der Waals surface area contributed by atoms with Gasteiger partial charge in [0.15, 0.2) is 22.5 Å². The molecule has 1 aliphatic heterocycles. The van der Waals surface area contributed by atoms with Crippen molar-refractivity contribution in [3.63, 3.8) is 0 Å². The van der Waals surface area contributed by atoms with Crippen LogP contribution in [0.1, 0.15) is 25.3 Å². The zero-order valence-electron chi connectivity index (χ0n) is 16.2. The maximum Gasteiger partial charge on any atom is 0.189 e. The monoisotopic (exact) mass is 384 g/mol. The Kier molecular flexibility index (Phi) is 6.07. The molecule has 1 aromatic carbocycles. The number of anilines is 1. The Balaban J connectivity index is 2.12. The summed E-state index contributed by atoms with van der Waals surface area (Å²) in [5, 5.41) is 10.6. The van der Waals surface area contributed by atoms with Crippen molar-refractivity contribution in [1.29, 1.82) is 5.26 Å². The molecule has 1 aliphatic rings. The number of ether oxygens (including phenoxy) is 2. The molecule has 1 saturated heterocycles. The molecule has 2 heterocycles. The van der Waals surface area contributed by atoms with Crippen molar-refractivity contribution in [1.82, 2.24) is 9.97 Å². The van der Waals surface area contributed by atoms with E-state index in [9.17, 15) is 5.26 Å². The number of aromatic nitrogens is 2. The first-order valence-electron chi connectivity index (χ1n) is 8.94. The molecule has 0 radical (unpaired) electrons. The van der Waals surface area contributed by atoms with Crippen LogP contribution in [-0.4, -0.2) is 43.5 Å². The molecule has 27 heavy (non-hydrogen) atoms. The number of piperidine rings is 1. The highest BCUT2D eigenvalue weighted by molar-refractivity contribution is 7.98. The van der Waals surface area contributed by atoms with E-state index >= 15 is 0 Å². The third-order valence-corrected chi connectivity index (χ3v) is 5.45. The van der Waals surface area contributed by atoms with Crippen LogP contribution < -0.4 is 14.4 Å². The zero-order valence-corrected chi connectivity index (χ0v) is 17.0. The van der Waals surface area contributed by atoms with Crippen molar-refractivity contribution in [3.05, 3.63) is 23.8 Å². The largest absolute Gasteiger partial charge is 0.493 e. The van der Waals surface area contributed by atoms with Crippen molar-refractivity contribution < 1.29 is 9.47 Å². The van der Waals surface area contributed by atoms with Crippen molar-refractivity contribution >= 4 is 17.6 Å². The minimum absolute atomic E-state index is 0.509. The molecule has 0 bridgehead atoms. The minimum Gasteiger partial charge on any atom is -0.493 e. The van der Waals surface area contributed by atoms with Gasteiger partial charge in [-0.25, -0.2) is 9.97 Å². The third-order valence-electron chi connectivity index (χ3n) is 4.90. The Labute approximate surface area is 164 Å². The Bertz CT molecular complexity index is 858. The van der Waals surface area contributed by atoms with Crippen LogP contribution in [0.15, 0.2) is 23.4 Å². The zero-order chi connectivity index (χ0) is 19.4. The average molecular weight is 385 g/mol. The lowest BCUT2D eigenvalue weighted by Gasteiger charge is -2.32. The van der Waals surface area contributed by atoms with Gasteiger partial charge >= 0.3 is 0 Å². The van der Waals surface area contributed by atoms with Gasteiger partial charge in [0, 0.05) is 18.7 Å². The molecule has 1 fully saturated rings. The molecule has 0 saturated carbocycles. The van der Waals surface area contributed by atoms with Crippen LogP contribution in [-0.2, 0) is 0 Å². The number of rotatable bonds is 5. The number of methoxy groups -OCH3 is 2. The smallest absolute Gasteiger partial charge is 0.189 e. The lowest BCUT2D eigenvalue weighted by Crippen LogP contribution is -2.34. The maximum absolute atomic E-state index is 9.91. The Morgan fingerprint density at radius 3 is 2.44 bits per heavy atom. The molecule has 142 valence electrons. The normalized spacial score (nSPS) is 14.7. The second-order valence-electron chi connectivity index (χ2n) is 6.61. The van der Waals surface area contributed by atoms with Gasteiger partial charge in [0.1, 0.15) is 11.6 Å². The van der Waals surface area contributed by atoms with E-state index in [4.69, 9.17) is 9.47 Å². The molecule has 0 unspecified atom stereocenters. The van der Waals surface area contributed by atoms with E-state index in [0.717, 1.165) is 37.3 Å². The van der Waals surface area contributed by atoms with Gasteiger partial charge in [0.05, 0.1) is 19.9 Å². The summed E-state index contributed by atoms with van der Waals surface area (Å²) < 4.78 is 10.7. The van der Waals surface area contributed by atoms with Gasteiger partial charge in [-0.15, -0.1) is 0 Å². The van der Waals surface area contributed by atoms with Gasteiger partial charge in [-0.2, -0.15) is 5.26 Å². The lowest BCUT2D eigenvalue weighted by atomic mass is 9.98. The SMILES string of the molecule is COc1ccc(-c2nc(SC)nc(N3CCC(C)CC3)c2C#N)cc1OC. The average Bonchev–Trinajstić information content (AvgIpc) is 2.72. The van der Waals surface area contributed by atoms with Gasteiger partial charge in [-0.3, -0.25) is 0 Å². The van der Waals surface area contributed by atoms with E-state index in [-0.39, 0.29) is 0 Å². The summed E-state index contributed by atoms with van der Waals surface area (Å²) >= 11 is 1.48. The molecular weight excluding hydrogens is 360 g/mol. The molecule has 1 aromatic heterocycles. The molecule has 0 amide bonds. The number of thioether (sulfide) groups is 1. The van der Waals surface area contributed by atoms with E-state index in [0.29, 0.717) is 33.8 Å². The van der Waals surface area contributed by atoms with Crippen molar-refractivity contribution in [2.75, 3.05) is 38.5 Å². The van der Waals surface area contributed by atoms with Crippen LogP contribution in [0.5, 0.6) is 11.5 Å². The fourth-order valence-electron chi connectivity index (χ4n) is 3.26. The summed E-state index contributed by atoms with van der Waals surface area (Å²) in [6, 6.07) is 7.93. The van der Waals surface area contributed by atoms with E-state index in [1.165, 1.54) is 11.8 Å². The Morgan fingerprint density at radius 1 is 1.15 bits per heavy atom.